The van der Waals surface area contributed by atoms with Crippen molar-refractivity contribution in [3.8, 4) is 11.8 Å². The van der Waals surface area contributed by atoms with E-state index in [1.54, 1.807) is 23.1 Å². The van der Waals surface area contributed by atoms with E-state index in [0.29, 0.717) is 18.7 Å². The lowest BCUT2D eigenvalue weighted by Crippen LogP contribution is -2.15. The van der Waals surface area contributed by atoms with Crippen LogP contribution in [0.15, 0.2) is 30.6 Å². The van der Waals surface area contributed by atoms with Crippen molar-refractivity contribution >= 4 is 11.6 Å². The predicted molar refractivity (Wildman–Crippen MR) is 78.4 cm³/mol. The van der Waals surface area contributed by atoms with Gasteiger partial charge in [-0.05, 0) is 30.7 Å². The highest BCUT2D eigenvalue weighted by Crippen LogP contribution is 2.14. The van der Waals surface area contributed by atoms with E-state index in [1.165, 1.54) is 0 Å². The minimum absolute atomic E-state index is 0.0998. The summed E-state index contributed by atoms with van der Waals surface area (Å²) in [6.45, 7) is 2.22. The van der Waals surface area contributed by atoms with E-state index in [9.17, 15) is 4.79 Å². The number of carbonyl (C=O) groups is 1. The first-order valence-corrected chi connectivity index (χ1v) is 6.53. The molecule has 21 heavy (non-hydrogen) atoms. The highest BCUT2D eigenvalue weighted by Gasteiger charge is 2.04. The zero-order chi connectivity index (χ0) is 15.1. The van der Waals surface area contributed by atoms with Gasteiger partial charge in [0.1, 0.15) is 6.61 Å². The molecule has 0 aliphatic carbocycles. The Bertz CT molecular complexity index is 669. The number of nitrogens with zero attached hydrogens (tertiary/aromatic N) is 3. The number of carbonyl (C=O) groups excluding carboxylic acids is 1. The molecule has 2 N–H and O–H groups in total. The molecule has 1 aromatic carbocycles. The molecular weight excluding hydrogens is 268 g/mol. The number of nitrogens with one attached hydrogen (secondary N) is 1. The van der Waals surface area contributed by atoms with Crippen LogP contribution in [0.2, 0.25) is 0 Å². The van der Waals surface area contributed by atoms with E-state index in [-0.39, 0.29) is 12.5 Å². The number of aromatic nitrogens is 3. The molecule has 108 valence electrons. The van der Waals surface area contributed by atoms with Crippen LogP contribution in [0, 0.1) is 18.8 Å². The Morgan fingerprint density at radius 2 is 2.29 bits per heavy atom. The van der Waals surface area contributed by atoms with Crippen LogP contribution < -0.4 is 5.32 Å². The van der Waals surface area contributed by atoms with Crippen LogP contribution in [0.5, 0.6) is 0 Å². The highest BCUT2D eigenvalue weighted by atomic mass is 16.2. The van der Waals surface area contributed by atoms with Crippen molar-refractivity contribution in [1.82, 2.24) is 15.0 Å². The summed E-state index contributed by atoms with van der Waals surface area (Å²) in [5.41, 5.74) is 2.45. The van der Waals surface area contributed by atoms with Gasteiger partial charge < -0.3 is 10.4 Å². The molecular formula is C15H16N4O2. The Hall–Kier alpha value is -2.65. The smallest absolute Gasteiger partial charge is 0.226 e. The lowest BCUT2D eigenvalue weighted by molar-refractivity contribution is -0.116. The van der Waals surface area contributed by atoms with Crippen LogP contribution in [0.3, 0.4) is 0 Å². The Kier molecular flexibility index (Phi) is 5.07. The van der Waals surface area contributed by atoms with Crippen LogP contribution in [0.4, 0.5) is 5.69 Å². The number of benzene rings is 1. The van der Waals surface area contributed by atoms with Crippen LogP contribution in [-0.4, -0.2) is 32.6 Å². The maximum Gasteiger partial charge on any atom is 0.226 e. The quantitative estimate of drug-likeness (QED) is 0.820. The molecule has 1 aromatic heterocycles. The molecule has 0 aliphatic heterocycles. The van der Waals surface area contributed by atoms with Gasteiger partial charge in [0, 0.05) is 23.9 Å². The first-order valence-electron chi connectivity index (χ1n) is 6.53. The van der Waals surface area contributed by atoms with E-state index in [0.717, 1.165) is 11.1 Å². The average molecular weight is 284 g/mol. The average Bonchev–Trinajstić information content (AvgIpc) is 2.95. The molecule has 0 radical (unpaired) electrons. The third-order valence-corrected chi connectivity index (χ3v) is 2.71. The topological polar surface area (TPSA) is 80.0 Å². The van der Waals surface area contributed by atoms with Crippen molar-refractivity contribution in [3.05, 3.63) is 41.7 Å². The standard InChI is InChI=1S/C15H16N4O2/c1-12-9-13(3-2-8-20)11-14(10-12)17-15(21)4-6-19-7-5-16-18-19/h5,7,9-11,20H,4,6,8H2,1H3,(H,17,21). The molecule has 6 heteroatoms. The highest BCUT2D eigenvalue weighted by molar-refractivity contribution is 5.90. The second kappa shape index (κ2) is 7.22. The molecule has 0 fully saturated rings. The number of hydrogen-bond acceptors (Lipinski definition) is 4. The van der Waals surface area contributed by atoms with Gasteiger partial charge >= 0.3 is 0 Å². The predicted octanol–water partition coefficient (Wildman–Crippen LogP) is 0.959. The van der Waals surface area contributed by atoms with Crippen molar-refractivity contribution in [3.63, 3.8) is 0 Å². The molecule has 0 aliphatic rings. The molecule has 1 heterocycles. The summed E-state index contributed by atoms with van der Waals surface area (Å²) in [6.07, 6.45) is 3.60. The summed E-state index contributed by atoms with van der Waals surface area (Å²) in [5.74, 6) is 5.32. The van der Waals surface area contributed by atoms with Crippen molar-refractivity contribution in [2.24, 2.45) is 0 Å². The largest absolute Gasteiger partial charge is 0.384 e. The van der Waals surface area contributed by atoms with Gasteiger partial charge in [0.25, 0.3) is 0 Å². The number of amides is 1. The maximum atomic E-state index is 11.9. The lowest BCUT2D eigenvalue weighted by atomic mass is 10.1. The number of aryl methyl sites for hydroxylation is 2. The molecule has 0 spiro atoms. The van der Waals surface area contributed by atoms with E-state index < -0.39 is 0 Å². The fourth-order valence-electron chi connectivity index (χ4n) is 1.86. The number of aliphatic hydroxyl groups is 1. The number of hydrogen-bond donors (Lipinski definition) is 2. The van der Waals surface area contributed by atoms with Gasteiger partial charge in [-0.15, -0.1) is 5.10 Å². The van der Waals surface area contributed by atoms with Gasteiger partial charge in [-0.25, -0.2) is 0 Å². The van der Waals surface area contributed by atoms with Crippen LogP contribution in [0.25, 0.3) is 0 Å². The van der Waals surface area contributed by atoms with Crippen LogP contribution in [0.1, 0.15) is 17.5 Å². The summed E-state index contributed by atoms with van der Waals surface area (Å²) in [7, 11) is 0. The van der Waals surface area contributed by atoms with Crippen molar-refractivity contribution in [1.29, 1.82) is 0 Å². The maximum absolute atomic E-state index is 11.9. The minimum Gasteiger partial charge on any atom is -0.384 e. The van der Waals surface area contributed by atoms with E-state index in [1.807, 2.05) is 19.1 Å². The molecule has 0 bridgehead atoms. The molecule has 2 rings (SSSR count). The van der Waals surface area contributed by atoms with Crippen LogP contribution in [-0.2, 0) is 11.3 Å². The first-order chi connectivity index (χ1) is 10.2. The van der Waals surface area contributed by atoms with Gasteiger partial charge in [-0.1, -0.05) is 17.1 Å². The Labute approximate surface area is 122 Å². The van der Waals surface area contributed by atoms with Gasteiger partial charge in [-0.2, -0.15) is 0 Å². The summed E-state index contributed by atoms with van der Waals surface area (Å²) in [5, 5.41) is 19.0. The second-order valence-corrected chi connectivity index (χ2v) is 4.51. The fourth-order valence-corrected chi connectivity index (χ4v) is 1.86. The number of rotatable bonds is 4. The second-order valence-electron chi connectivity index (χ2n) is 4.51. The summed E-state index contributed by atoms with van der Waals surface area (Å²) >= 11 is 0. The zero-order valence-electron chi connectivity index (χ0n) is 11.7. The van der Waals surface area contributed by atoms with Gasteiger partial charge in [0.2, 0.25) is 5.91 Å². The summed E-state index contributed by atoms with van der Waals surface area (Å²) < 4.78 is 1.61. The lowest BCUT2D eigenvalue weighted by Gasteiger charge is -2.07. The van der Waals surface area contributed by atoms with E-state index >= 15 is 0 Å². The minimum atomic E-state index is -0.187. The van der Waals surface area contributed by atoms with Crippen LogP contribution >= 0.6 is 0 Å². The number of aliphatic hydroxyl groups excluding tert-OH is 1. The van der Waals surface area contributed by atoms with Crippen molar-refractivity contribution in [2.45, 2.75) is 19.9 Å². The normalized spacial score (nSPS) is 9.81. The molecule has 1 amide bonds. The zero-order valence-corrected chi connectivity index (χ0v) is 11.7. The SMILES string of the molecule is Cc1cc(C#CCO)cc(NC(=O)CCn2ccnn2)c1. The van der Waals surface area contributed by atoms with Gasteiger partial charge in [0.05, 0.1) is 12.7 Å². The van der Waals surface area contributed by atoms with E-state index in [4.69, 9.17) is 5.11 Å². The molecule has 0 unspecified atom stereocenters. The molecule has 6 nitrogen and oxygen atoms in total. The van der Waals surface area contributed by atoms with Crippen molar-refractivity contribution in [2.75, 3.05) is 11.9 Å². The Morgan fingerprint density at radius 3 is 3.00 bits per heavy atom. The monoisotopic (exact) mass is 284 g/mol. The summed E-state index contributed by atoms with van der Waals surface area (Å²) in [6, 6.07) is 5.55. The molecule has 2 aromatic rings. The molecule has 0 saturated carbocycles. The Balaban J connectivity index is 1.98. The molecule has 0 atom stereocenters. The third-order valence-electron chi connectivity index (χ3n) is 2.71. The van der Waals surface area contributed by atoms with E-state index in [2.05, 4.69) is 27.5 Å². The van der Waals surface area contributed by atoms with Gasteiger partial charge in [-0.3, -0.25) is 9.48 Å². The fraction of sp³-hybridized carbons (Fsp3) is 0.267. The summed E-state index contributed by atoms with van der Waals surface area (Å²) in [4.78, 5) is 11.9. The third kappa shape index (κ3) is 4.75. The number of anilines is 1. The Morgan fingerprint density at radius 1 is 1.43 bits per heavy atom. The van der Waals surface area contributed by atoms with Crippen molar-refractivity contribution < 1.29 is 9.90 Å². The van der Waals surface area contributed by atoms with Gasteiger partial charge in [0.15, 0.2) is 0 Å². The molecule has 0 saturated heterocycles. The first kappa shape index (κ1) is 14.8.